The molecule has 0 saturated carbocycles. The number of benzene rings is 1. The third kappa shape index (κ3) is 2.31. The van der Waals surface area contributed by atoms with Crippen LogP contribution in [-0.4, -0.2) is 26.3 Å². The van der Waals surface area contributed by atoms with Crippen LogP contribution in [0.25, 0.3) is 5.57 Å². The molecule has 1 aliphatic rings. The molecule has 0 amide bonds. The maximum atomic E-state index is 11.2. The van der Waals surface area contributed by atoms with Gasteiger partial charge < -0.3 is 9.47 Å². The molecule has 84 valence electrons. The molecule has 1 heterocycles. The number of esters is 1. The second kappa shape index (κ2) is 4.94. The van der Waals surface area contributed by atoms with E-state index in [1.807, 2.05) is 12.1 Å². The average molecular weight is 218 g/mol. The summed E-state index contributed by atoms with van der Waals surface area (Å²) in [6, 6.07) is 7.47. The molecule has 3 nitrogen and oxygen atoms in total. The molecule has 0 N–H and O–H groups in total. The van der Waals surface area contributed by atoms with Crippen LogP contribution in [0.5, 0.6) is 0 Å². The molecule has 0 bridgehead atoms. The van der Waals surface area contributed by atoms with Crippen LogP contribution in [0.1, 0.15) is 22.3 Å². The summed E-state index contributed by atoms with van der Waals surface area (Å²) in [4.78, 5) is 11.2. The zero-order chi connectivity index (χ0) is 11.4. The van der Waals surface area contributed by atoms with Crippen LogP contribution in [0.3, 0.4) is 0 Å². The third-order valence-electron chi connectivity index (χ3n) is 2.64. The average Bonchev–Trinajstić information content (AvgIpc) is 2.39. The van der Waals surface area contributed by atoms with Gasteiger partial charge in [0.25, 0.3) is 0 Å². The standard InChI is InChI=1S/C13H14O3/c1-15-13(14)12-4-2-10(3-5-12)11-6-8-16-9-7-11/h2-6H,7-9H2,1H3. The van der Waals surface area contributed by atoms with E-state index in [0.717, 1.165) is 18.6 Å². The Labute approximate surface area is 94.7 Å². The van der Waals surface area contributed by atoms with Crippen molar-refractivity contribution in [1.82, 2.24) is 0 Å². The van der Waals surface area contributed by atoms with E-state index < -0.39 is 0 Å². The monoisotopic (exact) mass is 218 g/mol. The highest BCUT2D eigenvalue weighted by molar-refractivity contribution is 5.89. The summed E-state index contributed by atoms with van der Waals surface area (Å²) in [6.07, 6.45) is 3.01. The maximum absolute atomic E-state index is 11.2. The van der Waals surface area contributed by atoms with E-state index in [0.29, 0.717) is 12.2 Å². The Morgan fingerprint density at radius 1 is 1.31 bits per heavy atom. The van der Waals surface area contributed by atoms with Crippen molar-refractivity contribution < 1.29 is 14.3 Å². The predicted molar refractivity (Wildman–Crippen MR) is 61.2 cm³/mol. The Hall–Kier alpha value is -1.61. The van der Waals surface area contributed by atoms with Gasteiger partial charge in [0.2, 0.25) is 0 Å². The molecule has 16 heavy (non-hydrogen) atoms. The summed E-state index contributed by atoms with van der Waals surface area (Å²) in [6.45, 7) is 1.44. The molecule has 1 aromatic carbocycles. The summed E-state index contributed by atoms with van der Waals surface area (Å²) in [7, 11) is 1.39. The Kier molecular flexibility index (Phi) is 3.37. The number of rotatable bonds is 2. The van der Waals surface area contributed by atoms with E-state index in [1.165, 1.54) is 12.7 Å². The van der Waals surface area contributed by atoms with Crippen LogP contribution in [0.2, 0.25) is 0 Å². The topological polar surface area (TPSA) is 35.5 Å². The summed E-state index contributed by atoms with van der Waals surface area (Å²) >= 11 is 0. The fourth-order valence-corrected chi connectivity index (χ4v) is 1.73. The first-order chi connectivity index (χ1) is 7.81. The number of carbonyl (C=O) groups excluding carboxylic acids is 1. The van der Waals surface area contributed by atoms with Crippen LogP contribution in [0.4, 0.5) is 0 Å². The smallest absolute Gasteiger partial charge is 0.337 e. The molecule has 0 unspecified atom stereocenters. The molecule has 0 aromatic heterocycles. The Bertz CT molecular complexity index is 404. The van der Waals surface area contributed by atoms with Crippen molar-refractivity contribution in [3.05, 3.63) is 41.5 Å². The van der Waals surface area contributed by atoms with Gasteiger partial charge in [-0.3, -0.25) is 0 Å². The van der Waals surface area contributed by atoms with Gasteiger partial charge in [-0.25, -0.2) is 4.79 Å². The fraction of sp³-hybridized carbons (Fsp3) is 0.308. The van der Waals surface area contributed by atoms with Gasteiger partial charge in [-0.1, -0.05) is 18.2 Å². The highest BCUT2D eigenvalue weighted by Crippen LogP contribution is 2.21. The van der Waals surface area contributed by atoms with E-state index >= 15 is 0 Å². The van der Waals surface area contributed by atoms with Crippen LogP contribution < -0.4 is 0 Å². The minimum Gasteiger partial charge on any atom is -0.465 e. The quantitative estimate of drug-likeness (QED) is 0.714. The molecule has 0 saturated heterocycles. The van der Waals surface area contributed by atoms with Crippen LogP contribution in [0.15, 0.2) is 30.3 Å². The second-order valence-electron chi connectivity index (χ2n) is 3.62. The first-order valence-electron chi connectivity index (χ1n) is 5.27. The lowest BCUT2D eigenvalue weighted by Crippen LogP contribution is -2.04. The SMILES string of the molecule is COC(=O)c1ccc(C2=CCOCC2)cc1. The van der Waals surface area contributed by atoms with Gasteiger partial charge in [0.05, 0.1) is 25.9 Å². The van der Waals surface area contributed by atoms with E-state index in [4.69, 9.17) is 4.74 Å². The van der Waals surface area contributed by atoms with E-state index in [2.05, 4.69) is 10.8 Å². The second-order valence-corrected chi connectivity index (χ2v) is 3.62. The molecular weight excluding hydrogens is 204 g/mol. The lowest BCUT2D eigenvalue weighted by Gasteiger charge is -2.13. The summed E-state index contributed by atoms with van der Waals surface area (Å²) in [5, 5.41) is 0. The van der Waals surface area contributed by atoms with Crippen molar-refractivity contribution in [2.24, 2.45) is 0 Å². The highest BCUT2D eigenvalue weighted by atomic mass is 16.5. The molecule has 0 atom stereocenters. The van der Waals surface area contributed by atoms with Gasteiger partial charge >= 0.3 is 5.97 Å². The number of methoxy groups -OCH3 is 1. The largest absolute Gasteiger partial charge is 0.465 e. The number of hydrogen-bond donors (Lipinski definition) is 0. The van der Waals surface area contributed by atoms with Crippen molar-refractivity contribution in [3.8, 4) is 0 Å². The van der Waals surface area contributed by atoms with Crippen molar-refractivity contribution in [1.29, 1.82) is 0 Å². The minimum absolute atomic E-state index is 0.299. The zero-order valence-electron chi connectivity index (χ0n) is 9.23. The molecule has 0 fully saturated rings. The number of ether oxygens (including phenoxy) is 2. The molecule has 0 radical (unpaired) electrons. The van der Waals surface area contributed by atoms with Gasteiger partial charge in [-0.05, 0) is 29.7 Å². The van der Waals surface area contributed by atoms with Crippen LogP contribution in [0, 0.1) is 0 Å². The molecule has 2 rings (SSSR count). The lowest BCUT2D eigenvalue weighted by atomic mass is 10.0. The van der Waals surface area contributed by atoms with Gasteiger partial charge in [-0.2, -0.15) is 0 Å². The number of carbonyl (C=O) groups is 1. The maximum Gasteiger partial charge on any atom is 0.337 e. The summed E-state index contributed by atoms with van der Waals surface area (Å²) in [5.74, 6) is -0.299. The Morgan fingerprint density at radius 3 is 2.62 bits per heavy atom. The van der Waals surface area contributed by atoms with E-state index in [9.17, 15) is 4.79 Å². The van der Waals surface area contributed by atoms with Gasteiger partial charge in [0.1, 0.15) is 0 Å². The van der Waals surface area contributed by atoms with Crippen LogP contribution in [-0.2, 0) is 9.47 Å². The summed E-state index contributed by atoms with van der Waals surface area (Å²) < 4.78 is 9.90. The van der Waals surface area contributed by atoms with E-state index in [-0.39, 0.29) is 5.97 Å². The molecule has 0 spiro atoms. The van der Waals surface area contributed by atoms with Crippen LogP contribution >= 0.6 is 0 Å². The van der Waals surface area contributed by atoms with Crippen molar-refractivity contribution >= 4 is 11.5 Å². The minimum atomic E-state index is -0.299. The first kappa shape index (κ1) is 10.9. The summed E-state index contributed by atoms with van der Waals surface area (Å²) in [5.41, 5.74) is 3.01. The predicted octanol–water partition coefficient (Wildman–Crippen LogP) is 2.28. The van der Waals surface area contributed by atoms with Gasteiger partial charge in [0, 0.05) is 0 Å². The Morgan fingerprint density at radius 2 is 2.06 bits per heavy atom. The number of hydrogen-bond acceptors (Lipinski definition) is 3. The highest BCUT2D eigenvalue weighted by Gasteiger charge is 2.08. The Balaban J connectivity index is 2.18. The zero-order valence-corrected chi connectivity index (χ0v) is 9.23. The molecule has 3 heteroatoms. The third-order valence-corrected chi connectivity index (χ3v) is 2.64. The van der Waals surface area contributed by atoms with Gasteiger partial charge in [-0.15, -0.1) is 0 Å². The molecule has 0 aliphatic carbocycles. The van der Waals surface area contributed by atoms with Crippen molar-refractivity contribution in [2.75, 3.05) is 20.3 Å². The first-order valence-corrected chi connectivity index (χ1v) is 5.27. The molecule has 1 aromatic rings. The van der Waals surface area contributed by atoms with Crippen molar-refractivity contribution in [2.45, 2.75) is 6.42 Å². The molecular formula is C13H14O3. The normalized spacial score (nSPS) is 15.4. The van der Waals surface area contributed by atoms with Gasteiger partial charge in [0.15, 0.2) is 0 Å². The van der Waals surface area contributed by atoms with Crippen molar-refractivity contribution in [3.63, 3.8) is 0 Å². The molecule has 1 aliphatic heterocycles. The van der Waals surface area contributed by atoms with E-state index in [1.54, 1.807) is 12.1 Å². The fourth-order valence-electron chi connectivity index (χ4n) is 1.73. The lowest BCUT2D eigenvalue weighted by molar-refractivity contribution is 0.0600.